The molecule has 3 fully saturated rings. The van der Waals surface area contributed by atoms with Gasteiger partial charge in [-0.3, -0.25) is 14.4 Å². The van der Waals surface area contributed by atoms with Gasteiger partial charge in [-0.1, -0.05) is 41.1 Å². The van der Waals surface area contributed by atoms with Crippen LogP contribution in [0.3, 0.4) is 0 Å². The first-order valence-electron chi connectivity index (χ1n) is 14.8. The van der Waals surface area contributed by atoms with Crippen LogP contribution in [0.4, 0.5) is 4.39 Å². The fourth-order valence-corrected chi connectivity index (χ4v) is 7.37. The zero-order valence-corrected chi connectivity index (χ0v) is 24.9. The van der Waals surface area contributed by atoms with Crippen LogP contribution in [-0.2, 0) is 16.0 Å². The van der Waals surface area contributed by atoms with Crippen molar-refractivity contribution in [1.82, 2.24) is 35.2 Å². The van der Waals surface area contributed by atoms with Crippen molar-refractivity contribution in [3.63, 3.8) is 0 Å². The topological polar surface area (TPSA) is 143 Å². The summed E-state index contributed by atoms with van der Waals surface area (Å²) in [6, 6.07) is 9.08. The summed E-state index contributed by atoms with van der Waals surface area (Å²) in [5.74, 6) is -2.35. The Balaban J connectivity index is 1.24. The number of fused-ring (bicyclic) bond motifs is 4. The van der Waals surface area contributed by atoms with E-state index in [0.29, 0.717) is 50.5 Å². The fraction of sp³-hybridized carbons (Fsp3) is 0.344. The normalized spacial score (nSPS) is 23.8. The molecule has 8 rings (SSSR count). The molecule has 4 aliphatic rings. The van der Waals surface area contributed by atoms with Gasteiger partial charge in [0.25, 0.3) is 5.91 Å². The van der Waals surface area contributed by atoms with Gasteiger partial charge in [-0.25, -0.2) is 19.0 Å². The number of rotatable bonds is 6. The number of aliphatic carboxylic acids is 1. The molecule has 1 aliphatic heterocycles. The molecular weight excluding hydrogens is 601 g/mol. The van der Waals surface area contributed by atoms with Gasteiger partial charge in [0.1, 0.15) is 18.1 Å². The maximum absolute atomic E-state index is 14.7. The van der Waals surface area contributed by atoms with Crippen molar-refractivity contribution in [2.24, 2.45) is 5.41 Å². The number of hydrogen-bond donors (Lipinski definition) is 2. The SMILES string of the molecule is O=C(NC12CCC(C(=O)O)(CC1)CC2)[C@H]1c2cccc(-c3cncnc3)c2CCN1C(=O)c1cn(-c2cccc(Cl)c2F)nn1. The fourth-order valence-electron chi connectivity index (χ4n) is 7.20. The van der Waals surface area contributed by atoms with Gasteiger partial charge < -0.3 is 15.3 Å². The first kappa shape index (κ1) is 29.0. The van der Waals surface area contributed by atoms with Crippen LogP contribution < -0.4 is 5.32 Å². The summed E-state index contributed by atoms with van der Waals surface area (Å²) in [7, 11) is 0. The Morgan fingerprint density at radius 1 is 1.00 bits per heavy atom. The van der Waals surface area contributed by atoms with E-state index in [1.807, 2.05) is 18.2 Å². The zero-order valence-electron chi connectivity index (χ0n) is 24.1. The minimum atomic E-state index is -0.999. The van der Waals surface area contributed by atoms with Crippen LogP contribution in [0.1, 0.15) is 66.2 Å². The Labute approximate surface area is 262 Å². The van der Waals surface area contributed by atoms with Crippen molar-refractivity contribution in [3.05, 3.63) is 89.0 Å². The highest BCUT2D eigenvalue weighted by Gasteiger charge is 2.54. The van der Waals surface area contributed by atoms with E-state index in [9.17, 15) is 23.9 Å². The number of nitrogens with zero attached hydrogens (tertiary/aromatic N) is 6. The lowest BCUT2D eigenvalue weighted by atomic mass is 9.57. The first-order chi connectivity index (χ1) is 21.7. The summed E-state index contributed by atoms with van der Waals surface area (Å²) in [6.45, 7) is 0.210. The Hall–Kier alpha value is -4.71. The van der Waals surface area contributed by atoms with E-state index in [1.165, 1.54) is 29.6 Å². The van der Waals surface area contributed by atoms with Crippen molar-refractivity contribution in [1.29, 1.82) is 0 Å². The first-order valence-corrected chi connectivity index (χ1v) is 15.2. The largest absolute Gasteiger partial charge is 0.481 e. The van der Waals surface area contributed by atoms with Gasteiger partial charge in [0.2, 0.25) is 5.91 Å². The lowest BCUT2D eigenvalue weighted by Gasteiger charge is -2.52. The molecule has 3 heterocycles. The van der Waals surface area contributed by atoms with E-state index in [-0.39, 0.29) is 28.9 Å². The van der Waals surface area contributed by atoms with Gasteiger partial charge in [-0.2, -0.15) is 0 Å². The monoisotopic (exact) mass is 629 g/mol. The maximum atomic E-state index is 14.7. The number of halogens is 2. The summed E-state index contributed by atoms with van der Waals surface area (Å²) < 4.78 is 15.9. The van der Waals surface area contributed by atoms with Gasteiger partial charge in [0, 0.05) is 30.0 Å². The predicted octanol–water partition coefficient (Wildman–Crippen LogP) is 4.55. The molecule has 45 heavy (non-hydrogen) atoms. The maximum Gasteiger partial charge on any atom is 0.309 e. The van der Waals surface area contributed by atoms with Crippen LogP contribution in [0.25, 0.3) is 16.8 Å². The molecule has 2 N–H and O–H groups in total. The molecule has 0 unspecified atom stereocenters. The molecule has 2 bridgehead atoms. The second-order valence-corrected chi connectivity index (χ2v) is 12.5. The van der Waals surface area contributed by atoms with Gasteiger partial charge in [-0.15, -0.1) is 5.10 Å². The Kier molecular flexibility index (Phi) is 7.11. The average molecular weight is 630 g/mol. The van der Waals surface area contributed by atoms with E-state index in [2.05, 4.69) is 25.6 Å². The van der Waals surface area contributed by atoms with E-state index in [0.717, 1.165) is 21.4 Å². The quantitative estimate of drug-likeness (QED) is 0.316. The molecule has 3 saturated carbocycles. The molecule has 0 radical (unpaired) electrons. The smallest absolute Gasteiger partial charge is 0.309 e. The third kappa shape index (κ3) is 4.93. The Morgan fingerprint density at radius 2 is 1.71 bits per heavy atom. The molecule has 11 nitrogen and oxygen atoms in total. The van der Waals surface area contributed by atoms with Crippen molar-refractivity contribution in [2.75, 3.05) is 6.54 Å². The van der Waals surface area contributed by atoms with Gasteiger partial charge >= 0.3 is 5.97 Å². The van der Waals surface area contributed by atoms with E-state index >= 15 is 0 Å². The molecule has 13 heteroatoms. The summed E-state index contributed by atoms with van der Waals surface area (Å²) >= 11 is 5.95. The molecule has 0 saturated heterocycles. The molecular formula is C32H29ClFN7O4. The minimum Gasteiger partial charge on any atom is -0.481 e. The number of benzene rings is 2. The lowest BCUT2D eigenvalue weighted by Crippen LogP contribution is -2.60. The Bertz CT molecular complexity index is 1810. The molecule has 2 aromatic carbocycles. The van der Waals surface area contributed by atoms with Crippen LogP contribution in [0, 0.1) is 11.2 Å². The highest BCUT2D eigenvalue weighted by Crippen LogP contribution is 2.52. The number of aromatic nitrogens is 5. The third-order valence-electron chi connectivity index (χ3n) is 9.78. The lowest BCUT2D eigenvalue weighted by molar-refractivity contribution is -0.157. The Morgan fingerprint density at radius 3 is 2.42 bits per heavy atom. The highest BCUT2D eigenvalue weighted by molar-refractivity contribution is 6.30. The number of carboxylic acid groups (broad SMARTS) is 1. The molecule has 4 aromatic rings. The van der Waals surface area contributed by atoms with Crippen molar-refractivity contribution >= 4 is 29.4 Å². The average Bonchev–Trinajstić information content (AvgIpc) is 3.56. The van der Waals surface area contributed by atoms with Crippen molar-refractivity contribution < 1.29 is 23.9 Å². The number of carbonyl (C=O) groups is 3. The molecule has 0 spiro atoms. The molecule has 3 aliphatic carbocycles. The summed E-state index contributed by atoms with van der Waals surface area (Å²) in [5.41, 5.74) is 1.96. The third-order valence-corrected chi connectivity index (χ3v) is 10.1. The van der Waals surface area contributed by atoms with Crippen LogP contribution in [0.2, 0.25) is 5.02 Å². The van der Waals surface area contributed by atoms with E-state index in [4.69, 9.17) is 11.6 Å². The molecule has 230 valence electrons. The second kappa shape index (κ2) is 11.0. The number of carboxylic acids is 1. The minimum absolute atomic E-state index is 0.0354. The van der Waals surface area contributed by atoms with E-state index < -0.39 is 34.7 Å². The van der Waals surface area contributed by atoms with Crippen LogP contribution in [-0.4, -0.2) is 64.8 Å². The van der Waals surface area contributed by atoms with Crippen LogP contribution in [0.15, 0.2) is 61.3 Å². The summed E-state index contributed by atoms with van der Waals surface area (Å²) in [4.78, 5) is 50.2. The number of nitrogens with one attached hydrogen (secondary N) is 1. The number of carbonyl (C=O) groups excluding carboxylic acids is 2. The van der Waals surface area contributed by atoms with Crippen molar-refractivity contribution in [2.45, 2.75) is 56.5 Å². The van der Waals surface area contributed by atoms with Crippen LogP contribution >= 0.6 is 11.6 Å². The number of amides is 2. The highest BCUT2D eigenvalue weighted by atomic mass is 35.5. The zero-order chi connectivity index (χ0) is 31.3. The second-order valence-electron chi connectivity index (χ2n) is 12.1. The molecule has 2 amide bonds. The predicted molar refractivity (Wildman–Crippen MR) is 160 cm³/mol. The standard InChI is InChI=1S/C32H29ClFN7O4/c33-23-5-2-6-25(26(23)34)41-17-24(38-39-41)29(43)40-14-7-21-20(19-15-35-18-36-16-19)3-1-4-22(21)27(40)28(42)37-32-11-8-31(9-12-32,10-13-32)30(44)45/h1-6,15-18,27H,7-14H2,(H,37,42)(H,44,45)/t27-,31?,32?/m1/s1. The van der Waals surface area contributed by atoms with Crippen LogP contribution in [0.5, 0.6) is 0 Å². The number of hydrogen-bond acceptors (Lipinski definition) is 7. The molecule has 2 aromatic heterocycles. The summed E-state index contributed by atoms with van der Waals surface area (Å²) in [6.07, 6.45) is 9.80. The van der Waals surface area contributed by atoms with Gasteiger partial charge in [0.05, 0.1) is 16.6 Å². The summed E-state index contributed by atoms with van der Waals surface area (Å²) in [5, 5.41) is 21.0. The van der Waals surface area contributed by atoms with Crippen molar-refractivity contribution in [3.8, 4) is 16.8 Å². The van der Waals surface area contributed by atoms with Gasteiger partial charge in [-0.05, 0) is 73.8 Å². The molecule has 1 atom stereocenters. The van der Waals surface area contributed by atoms with E-state index in [1.54, 1.807) is 18.5 Å². The van der Waals surface area contributed by atoms with Gasteiger partial charge in [0.15, 0.2) is 11.5 Å².